The fraction of sp³-hybridized carbons (Fsp3) is 0.136. The molecule has 2 heterocycles. The van der Waals surface area contributed by atoms with Crippen LogP contribution in [0.3, 0.4) is 0 Å². The molecule has 10 heteroatoms. The summed E-state index contributed by atoms with van der Waals surface area (Å²) in [5.41, 5.74) is -0.126. The first-order valence-corrected chi connectivity index (χ1v) is 11.4. The molecule has 0 saturated heterocycles. The Labute approximate surface area is 190 Å². The Bertz CT molecular complexity index is 1350. The SMILES string of the molecule is CCC(=O)Nc1nnc(SCc2cc(=O)c(OC(=O)c3ccc4ccccc4c3)co2)s1. The number of rotatable bonds is 7. The monoisotopic (exact) mass is 467 g/mol. The fourth-order valence-corrected chi connectivity index (χ4v) is 4.38. The summed E-state index contributed by atoms with van der Waals surface area (Å²) in [5, 5.41) is 12.8. The van der Waals surface area contributed by atoms with Crippen LogP contribution in [0.15, 0.2) is 68.3 Å². The molecule has 0 aliphatic rings. The second kappa shape index (κ2) is 9.75. The van der Waals surface area contributed by atoms with Gasteiger partial charge in [-0.15, -0.1) is 10.2 Å². The summed E-state index contributed by atoms with van der Waals surface area (Å²) < 4.78 is 11.3. The summed E-state index contributed by atoms with van der Waals surface area (Å²) in [5.74, 6) is -0.250. The number of nitrogens with zero attached hydrogens (tertiary/aromatic N) is 2. The van der Waals surface area contributed by atoms with Crippen LogP contribution in [0.1, 0.15) is 29.5 Å². The van der Waals surface area contributed by atoms with E-state index in [1.54, 1.807) is 19.1 Å². The van der Waals surface area contributed by atoms with Crippen LogP contribution in [-0.2, 0) is 10.5 Å². The lowest BCUT2D eigenvalue weighted by atomic mass is 10.1. The highest BCUT2D eigenvalue weighted by Crippen LogP contribution is 2.28. The number of aromatic nitrogens is 2. The first-order chi connectivity index (χ1) is 15.5. The van der Waals surface area contributed by atoms with Crippen LogP contribution in [0.4, 0.5) is 5.13 Å². The van der Waals surface area contributed by atoms with E-state index in [9.17, 15) is 14.4 Å². The molecule has 2 aromatic carbocycles. The molecular formula is C22H17N3O5S2. The highest BCUT2D eigenvalue weighted by atomic mass is 32.2. The highest BCUT2D eigenvalue weighted by molar-refractivity contribution is 8.00. The van der Waals surface area contributed by atoms with Crippen LogP contribution < -0.4 is 15.5 Å². The maximum absolute atomic E-state index is 12.5. The Morgan fingerprint density at radius 1 is 1.12 bits per heavy atom. The van der Waals surface area contributed by atoms with Gasteiger partial charge in [-0.1, -0.05) is 60.4 Å². The largest absolute Gasteiger partial charge is 0.464 e. The van der Waals surface area contributed by atoms with Gasteiger partial charge in [-0.2, -0.15) is 0 Å². The predicted molar refractivity (Wildman–Crippen MR) is 122 cm³/mol. The van der Waals surface area contributed by atoms with E-state index in [4.69, 9.17) is 9.15 Å². The first kappa shape index (κ1) is 21.7. The zero-order chi connectivity index (χ0) is 22.5. The summed E-state index contributed by atoms with van der Waals surface area (Å²) in [6, 6.07) is 14.1. The van der Waals surface area contributed by atoms with E-state index in [2.05, 4.69) is 15.5 Å². The molecule has 162 valence electrons. The van der Waals surface area contributed by atoms with Gasteiger partial charge < -0.3 is 14.5 Å². The number of nitrogens with one attached hydrogen (secondary N) is 1. The van der Waals surface area contributed by atoms with Crippen molar-refractivity contribution >= 4 is 50.9 Å². The summed E-state index contributed by atoms with van der Waals surface area (Å²) in [7, 11) is 0. The standard InChI is InChI=1S/C22H17N3O5S2/c1-2-19(27)23-21-24-25-22(32-21)31-12-16-10-17(26)18(11-29-16)30-20(28)15-8-7-13-5-3-4-6-14(13)9-15/h3-11H,2,12H2,1H3,(H,23,24,27). The van der Waals surface area contributed by atoms with Gasteiger partial charge >= 0.3 is 5.97 Å². The van der Waals surface area contributed by atoms with E-state index in [1.165, 1.54) is 29.2 Å². The van der Waals surface area contributed by atoms with E-state index in [0.29, 0.717) is 33.0 Å². The van der Waals surface area contributed by atoms with Gasteiger partial charge in [0, 0.05) is 12.5 Å². The molecule has 0 atom stereocenters. The maximum atomic E-state index is 12.5. The van der Waals surface area contributed by atoms with Crippen LogP contribution >= 0.6 is 23.1 Å². The molecule has 8 nitrogen and oxygen atoms in total. The lowest BCUT2D eigenvalue weighted by molar-refractivity contribution is -0.115. The molecule has 0 spiro atoms. The number of hydrogen-bond acceptors (Lipinski definition) is 9. The number of thioether (sulfide) groups is 1. The fourth-order valence-electron chi connectivity index (χ4n) is 2.72. The lowest BCUT2D eigenvalue weighted by Gasteiger charge is -2.05. The molecule has 1 amide bonds. The molecule has 0 aliphatic heterocycles. The van der Waals surface area contributed by atoms with E-state index in [0.717, 1.165) is 17.0 Å². The third-order valence-electron chi connectivity index (χ3n) is 4.35. The minimum atomic E-state index is -0.638. The minimum Gasteiger partial charge on any atom is -0.464 e. The van der Waals surface area contributed by atoms with E-state index < -0.39 is 11.4 Å². The van der Waals surface area contributed by atoms with Crippen LogP contribution in [-0.4, -0.2) is 22.1 Å². The number of benzene rings is 2. The molecule has 4 rings (SSSR count). The van der Waals surface area contributed by atoms with Gasteiger partial charge in [0.25, 0.3) is 0 Å². The highest BCUT2D eigenvalue weighted by Gasteiger charge is 2.14. The normalized spacial score (nSPS) is 10.8. The van der Waals surface area contributed by atoms with E-state index in [1.807, 2.05) is 30.3 Å². The summed E-state index contributed by atoms with van der Waals surface area (Å²) >= 11 is 2.54. The van der Waals surface area contributed by atoms with Crippen molar-refractivity contribution in [2.75, 3.05) is 5.32 Å². The lowest BCUT2D eigenvalue weighted by Crippen LogP contribution is -2.14. The Morgan fingerprint density at radius 3 is 2.72 bits per heavy atom. The number of hydrogen-bond donors (Lipinski definition) is 1. The molecule has 0 saturated carbocycles. The zero-order valence-corrected chi connectivity index (χ0v) is 18.5. The third-order valence-corrected chi connectivity index (χ3v) is 6.35. The molecular weight excluding hydrogens is 450 g/mol. The van der Waals surface area contributed by atoms with Gasteiger partial charge in [-0.25, -0.2) is 4.79 Å². The van der Waals surface area contributed by atoms with Crippen molar-refractivity contribution in [3.63, 3.8) is 0 Å². The number of fused-ring (bicyclic) bond motifs is 1. The van der Waals surface area contributed by atoms with Gasteiger partial charge in [0.15, 0.2) is 4.34 Å². The van der Waals surface area contributed by atoms with Crippen molar-refractivity contribution in [1.82, 2.24) is 10.2 Å². The average Bonchev–Trinajstić information content (AvgIpc) is 3.26. The van der Waals surface area contributed by atoms with Gasteiger partial charge in [0.05, 0.1) is 11.3 Å². The van der Waals surface area contributed by atoms with Crippen molar-refractivity contribution in [3.05, 3.63) is 76.3 Å². The van der Waals surface area contributed by atoms with Crippen molar-refractivity contribution in [2.24, 2.45) is 0 Å². The summed E-state index contributed by atoms with van der Waals surface area (Å²) in [4.78, 5) is 36.2. The molecule has 2 aromatic heterocycles. The quantitative estimate of drug-likeness (QED) is 0.240. The Hall–Kier alpha value is -3.50. The smallest absolute Gasteiger partial charge is 0.343 e. The molecule has 0 unspecified atom stereocenters. The zero-order valence-electron chi connectivity index (χ0n) is 16.9. The minimum absolute atomic E-state index is 0.141. The second-order valence-corrected chi connectivity index (χ2v) is 8.79. The number of anilines is 1. The Balaban J connectivity index is 1.39. The van der Waals surface area contributed by atoms with Crippen LogP contribution in [0, 0.1) is 0 Å². The molecule has 0 aliphatic carbocycles. The van der Waals surface area contributed by atoms with Crippen molar-refractivity contribution < 1.29 is 18.7 Å². The first-order valence-electron chi connectivity index (χ1n) is 9.60. The van der Waals surface area contributed by atoms with Crippen LogP contribution in [0.5, 0.6) is 5.75 Å². The molecule has 4 aromatic rings. The van der Waals surface area contributed by atoms with E-state index in [-0.39, 0.29) is 11.7 Å². The topological polar surface area (TPSA) is 111 Å². The Morgan fingerprint density at radius 2 is 1.94 bits per heavy atom. The van der Waals surface area contributed by atoms with Crippen molar-refractivity contribution in [2.45, 2.75) is 23.4 Å². The molecule has 0 radical (unpaired) electrons. The van der Waals surface area contributed by atoms with Gasteiger partial charge in [-0.05, 0) is 22.9 Å². The van der Waals surface area contributed by atoms with Crippen LogP contribution in [0.25, 0.3) is 10.8 Å². The number of ether oxygens (including phenoxy) is 1. The molecule has 1 N–H and O–H groups in total. The molecule has 32 heavy (non-hydrogen) atoms. The van der Waals surface area contributed by atoms with Gasteiger partial charge in [0.1, 0.15) is 12.0 Å². The Kier molecular flexibility index (Phi) is 6.62. The van der Waals surface area contributed by atoms with E-state index >= 15 is 0 Å². The summed E-state index contributed by atoms with van der Waals surface area (Å²) in [6.45, 7) is 1.75. The average molecular weight is 468 g/mol. The van der Waals surface area contributed by atoms with Crippen molar-refractivity contribution in [1.29, 1.82) is 0 Å². The predicted octanol–water partition coefficient (Wildman–Crippen LogP) is 4.50. The number of carbonyl (C=O) groups excluding carboxylic acids is 2. The number of esters is 1. The number of amides is 1. The molecule has 0 bridgehead atoms. The van der Waals surface area contributed by atoms with Crippen LogP contribution in [0.2, 0.25) is 0 Å². The maximum Gasteiger partial charge on any atom is 0.343 e. The number of carbonyl (C=O) groups is 2. The van der Waals surface area contributed by atoms with Gasteiger partial charge in [0.2, 0.25) is 22.2 Å². The summed E-state index contributed by atoms with van der Waals surface area (Å²) in [6.07, 6.45) is 1.48. The third kappa shape index (κ3) is 5.21. The van der Waals surface area contributed by atoms with Crippen molar-refractivity contribution in [3.8, 4) is 5.75 Å². The van der Waals surface area contributed by atoms with Gasteiger partial charge in [-0.3, -0.25) is 9.59 Å². The molecule has 0 fully saturated rings. The second-order valence-electron chi connectivity index (χ2n) is 6.59.